The molecule has 13 nitrogen and oxygen atoms in total. The van der Waals surface area contributed by atoms with Gasteiger partial charge in [0.05, 0.1) is 18.7 Å². The van der Waals surface area contributed by atoms with Crippen LogP contribution in [0.25, 0.3) is 11.5 Å². The first kappa shape index (κ1) is 19.7. The second-order valence-corrected chi connectivity index (χ2v) is 5.44. The third kappa shape index (κ3) is 5.43. The molecule has 2 unspecified atom stereocenters. The number of nitrogens with two attached hydrogens (primary N) is 1. The van der Waals surface area contributed by atoms with Crippen molar-refractivity contribution in [3.8, 4) is 11.5 Å². The molecule has 144 valence electrons. The molecule has 3 atom stereocenters. The summed E-state index contributed by atoms with van der Waals surface area (Å²) in [6, 6.07) is -3.66. The van der Waals surface area contributed by atoms with Crippen molar-refractivity contribution in [3.05, 3.63) is 24.5 Å². The van der Waals surface area contributed by atoms with E-state index in [9.17, 15) is 19.5 Å². The van der Waals surface area contributed by atoms with Crippen LogP contribution in [0.4, 0.5) is 4.79 Å². The van der Waals surface area contributed by atoms with Gasteiger partial charge in [-0.15, -0.1) is 0 Å². The van der Waals surface area contributed by atoms with Gasteiger partial charge in [-0.2, -0.15) is 4.98 Å². The van der Waals surface area contributed by atoms with Crippen LogP contribution in [0.3, 0.4) is 0 Å². The molecule has 13 heteroatoms. The molecular weight excluding hydrogens is 362 g/mol. The van der Waals surface area contributed by atoms with Crippen LogP contribution in [0, 0.1) is 0 Å². The fourth-order valence-electron chi connectivity index (χ4n) is 2.03. The molecule has 2 aromatic rings. The number of carbonyl (C=O) groups excluding carboxylic acids is 2. The number of urea groups is 1. The maximum atomic E-state index is 12.0. The first-order valence-electron chi connectivity index (χ1n) is 7.64. The Balaban J connectivity index is 2.16. The lowest BCUT2D eigenvalue weighted by Gasteiger charge is -2.19. The number of aliphatic hydroxyl groups excluding tert-OH is 1. The van der Waals surface area contributed by atoms with E-state index in [1.54, 1.807) is 0 Å². The topological polar surface area (TPSA) is 206 Å². The highest BCUT2D eigenvalue weighted by molar-refractivity contribution is 5.83. The molecule has 0 aliphatic carbocycles. The van der Waals surface area contributed by atoms with Crippen molar-refractivity contribution in [2.45, 2.75) is 31.5 Å². The molecule has 2 heterocycles. The first-order chi connectivity index (χ1) is 12.8. The number of aliphatic hydroxyl groups is 1. The number of aromatic nitrogens is 4. The second kappa shape index (κ2) is 8.66. The molecule has 0 aromatic carbocycles. The van der Waals surface area contributed by atoms with Gasteiger partial charge in [-0.25, -0.2) is 14.6 Å². The highest BCUT2D eigenvalue weighted by atomic mass is 16.5. The van der Waals surface area contributed by atoms with Gasteiger partial charge in [0, 0.05) is 12.4 Å². The van der Waals surface area contributed by atoms with Gasteiger partial charge in [0.2, 0.25) is 17.6 Å². The number of amides is 3. The number of hydrogen-bond acceptors (Lipinski definition) is 9. The van der Waals surface area contributed by atoms with E-state index >= 15 is 0 Å². The molecule has 27 heavy (non-hydrogen) atoms. The molecule has 0 fully saturated rings. The smallest absolute Gasteiger partial charge is 0.328 e. The summed E-state index contributed by atoms with van der Waals surface area (Å²) < 4.78 is 5.04. The third-order valence-corrected chi connectivity index (χ3v) is 3.28. The summed E-state index contributed by atoms with van der Waals surface area (Å²) in [5.74, 6) is -2.28. The van der Waals surface area contributed by atoms with E-state index in [1.165, 1.54) is 25.5 Å². The number of primary amides is 1. The van der Waals surface area contributed by atoms with Crippen LogP contribution >= 0.6 is 0 Å². The summed E-state index contributed by atoms with van der Waals surface area (Å²) in [6.45, 7) is 1.20. The molecule has 3 amide bonds. The third-order valence-electron chi connectivity index (χ3n) is 3.28. The summed E-state index contributed by atoms with van der Waals surface area (Å²) in [5.41, 5.74) is 5.47. The van der Waals surface area contributed by atoms with E-state index in [-0.39, 0.29) is 18.1 Å². The summed E-state index contributed by atoms with van der Waals surface area (Å²) in [7, 11) is 0. The van der Waals surface area contributed by atoms with Crippen LogP contribution in [0.1, 0.15) is 25.3 Å². The van der Waals surface area contributed by atoms with Gasteiger partial charge in [-0.3, -0.25) is 9.78 Å². The van der Waals surface area contributed by atoms with E-state index < -0.39 is 36.1 Å². The summed E-state index contributed by atoms with van der Waals surface area (Å²) in [4.78, 5) is 46.3. The molecule has 0 radical (unpaired) electrons. The lowest BCUT2D eigenvalue weighted by Crippen LogP contribution is -2.52. The van der Waals surface area contributed by atoms with Crippen LogP contribution in [-0.4, -0.2) is 60.4 Å². The number of hydrogen-bond donors (Lipinski definition) is 5. The lowest BCUT2D eigenvalue weighted by atomic mass is 10.2. The molecule has 0 aliphatic heterocycles. The highest BCUT2D eigenvalue weighted by Gasteiger charge is 2.28. The number of carboxylic acids is 1. The van der Waals surface area contributed by atoms with Gasteiger partial charge >= 0.3 is 12.0 Å². The maximum absolute atomic E-state index is 12.0. The Labute approximate surface area is 152 Å². The van der Waals surface area contributed by atoms with Crippen molar-refractivity contribution in [1.29, 1.82) is 0 Å². The summed E-state index contributed by atoms with van der Waals surface area (Å²) in [5, 5.41) is 26.5. The first-order valence-corrected chi connectivity index (χ1v) is 7.64. The quantitative estimate of drug-likeness (QED) is 0.361. The molecule has 0 spiro atoms. The number of rotatable bonds is 8. The lowest BCUT2D eigenvalue weighted by molar-refractivity contribution is -0.141. The monoisotopic (exact) mass is 379 g/mol. The maximum Gasteiger partial charge on any atom is 0.328 e. The van der Waals surface area contributed by atoms with E-state index in [4.69, 9.17) is 15.4 Å². The molecule has 0 bridgehead atoms. The minimum Gasteiger partial charge on any atom is -0.480 e. The normalized spacial score (nSPS) is 14.0. The average Bonchev–Trinajstić information content (AvgIpc) is 3.09. The van der Waals surface area contributed by atoms with Gasteiger partial charge in [0.1, 0.15) is 11.7 Å². The molecule has 6 N–H and O–H groups in total. The van der Waals surface area contributed by atoms with Crippen molar-refractivity contribution in [3.63, 3.8) is 0 Å². The van der Waals surface area contributed by atoms with Crippen LogP contribution in [0.5, 0.6) is 0 Å². The van der Waals surface area contributed by atoms with Crippen molar-refractivity contribution in [1.82, 2.24) is 30.7 Å². The van der Waals surface area contributed by atoms with E-state index in [0.717, 1.165) is 0 Å². The number of aliphatic carboxylic acids is 1. The van der Waals surface area contributed by atoms with Gasteiger partial charge in [-0.05, 0) is 6.92 Å². The fraction of sp³-hybridized carbons (Fsp3) is 0.357. The Hall–Kier alpha value is -3.61. The van der Waals surface area contributed by atoms with Crippen molar-refractivity contribution < 1.29 is 29.1 Å². The Morgan fingerprint density at radius 3 is 2.59 bits per heavy atom. The number of nitrogens with zero attached hydrogens (tertiary/aromatic N) is 4. The summed E-state index contributed by atoms with van der Waals surface area (Å²) in [6.07, 6.45) is 2.52. The van der Waals surface area contributed by atoms with Crippen molar-refractivity contribution >= 4 is 17.9 Å². The van der Waals surface area contributed by atoms with Crippen LogP contribution in [0.2, 0.25) is 0 Å². The molecule has 2 rings (SSSR count). The van der Waals surface area contributed by atoms with Gasteiger partial charge in [-0.1, -0.05) is 5.16 Å². The Bertz CT molecular complexity index is 809. The van der Waals surface area contributed by atoms with E-state index in [1.807, 2.05) is 0 Å². The van der Waals surface area contributed by atoms with Crippen LogP contribution in [0.15, 0.2) is 23.1 Å². The van der Waals surface area contributed by atoms with E-state index in [0.29, 0.717) is 5.69 Å². The second-order valence-electron chi connectivity index (χ2n) is 5.44. The van der Waals surface area contributed by atoms with Gasteiger partial charge in [0.15, 0.2) is 6.04 Å². The fourth-order valence-corrected chi connectivity index (χ4v) is 2.03. The highest BCUT2D eigenvalue weighted by Crippen LogP contribution is 2.18. The van der Waals surface area contributed by atoms with Gasteiger partial charge < -0.3 is 31.1 Å². The molecule has 0 saturated carbocycles. The average molecular weight is 379 g/mol. The van der Waals surface area contributed by atoms with Crippen molar-refractivity contribution in [2.24, 2.45) is 5.73 Å². The minimum atomic E-state index is -1.56. The largest absolute Gasteiger partial charge is 0.480 e. The molecule has 2 aromatic heterocycles. The zero-order chi connectivity index (χ0) is 20.0. The predicted molar refractivity (Wildman–Crippen MR) is 86.6 cm³/mol. The molecular formula is C14H17N7O6. The minimum absolute atomic E-state index is 0.0715. The van der Waals surface area contributed by atoms with Crippen LogP contribution < -0.4 is 16.4 Å². The summed E-state index contributed by atoms with van der Waals surface area (Å²) >= 11 is 0. The van der Waals surface area contributed by atoms with Crippen LogP contribution in [-0.2, 0) is 9.59 Å². The Morgan fingerprint density at radius 2 is 2.04 bits per heavy atom. The SMILES string of the molecule is CC(O)C(NC(=O)N[C@@H](CC(N)=O)c1nc(-c2cnccn2)no1)C(=O)O. The van der Waals surface area contributed by atoms with Crippen molar-refractivity contribution in [2.75, 3.05) is 0 Å². The Morgan fingerprint density at radius 1 is 1.30 bits per heavy atom. The molecule has 0 saturated heterocycles. The zero-order valence-electron chi connectivity index (χ0n) is 14.1. The number of nitrogens with one attached hydrogen (secondary N) is 2. The Kier molecular flexibility index (Phi) is 6.32. The number of carboxylic acid groups (broad SMARTS) is 1. The molecule has 0 aliphatic rings. The van der Waals surface area contributed by atoms with Gasteiger partial charge in [0.25, 0.3) is 0 Å². The number of carbonyl (C=O) groups is 3. The zero-order valence-corrected chi connectivity index (χ0v) is 14.1. The van der Waals surface area contributed by atoms with E-state index in [2.05, 4.69) is 30.7 Å². The standard InChI is InChI=1S/C14H17N7O6/c1-6(22)10(13(24)25)19-14(26)18-7(4-9(15)23)12-20-11(21-27-12)8-5-16-2-3-17-8/h2-3,5-7,10,22H,4H2,1H3,(H2,15,23)(H,24,25)(H2,18,19,26)/t6?,7-,10?/m0/s1. The predicted octanol–water partition coefficient (Wildman–Crippen LogP) is -1.42.